The zero-order chi connectivity index (χ0) is 29.8. The van der Waals surface area contributed by atoms with Crippen LogP contribution in [0.25, 0.3) is 0 Å². The van der Waals surface area contributed by atoms with Gasteiger partial charge in [0.25, 0.3) is 5.69 Å². The maximum Gasteiger partial charge on any atom is 0.412 e. The van der Waals surface area contributed by atoms with Gasteiger partial charge < -0.3 is 24.4 Å². The number of benzene rings is 1. The Labute approximate surface area is 221 Å². The SMILES string of the molecule is CCCCOC(=O)Nc1ccn([C@@H]2O[C@H](COC(=O)c3cc([N+](=O)[O-])cc([N+](=O)[O-])c3O)C(O)C2(F)F)c(=O)n1. The fourth-order valence-corrected chi connectivity index (χ4v) is 3.46. The van der Waals surface area contributed by atoms with E-state index in [9.17, 15) is 53.6 Å². The molecule has 1 fully saturated rings. The molecule has 0 spiro atoms. The van der Waals surface area contributed by atoms with Crippen molar-refractivity contribution in [1.82, 2.24) is 9.55 Å². The lowest BCUT2D eigenvalue weighted by Crippen LogP contribution is -2.42. The van der Waals surface area contributed by atoms with Gasteiger partial charge in [-0.15, -0.1) is 0 Å². The Kier molecular flexibility index (Phi) is 8.89. The van der Waals surface area contributed by atoms with E-state index in [-0.39, 0.29) is 12.4 Å². The number of carbonyl (C=O) groups excluding carboxylic acids is 2. The summed E-state index contributed by atoms with van der Waals surface area (Å²) in [5, 5.41) is 44.3. The highest BCUT2D eigenvalue weighted by Gasteiger charge is 2.60. The first-order valence-electron chi connectivity index (χ1n) is 11.3. The lowest BCUT2D eigenvalue weighted by atomic mass is 10.1. The largest absolute Gasteiger partial charge is 0.501 e. The molecule has 1 unspecified atom stereocenters. The Morgan fingerprint density at radius 3 is 2.55 bits per heavy atom. The first-order valence-corrected chi connectivity index (χ1v) is 11.3. The van der Waals surface area contributed by atoms with Crippen molar-refractivity contribution in [2.75, 3.05) is 18.5 Å². The number of hydrogen-bond acceptors (Lipinski definition) is 13. The van der Waals surface area contributed by atoms with Crippen LogP contribution in [0.4, 0.5) is 30.8 Å². The highest BCUT2D eigenvalue weighted by molar-refractivity contribution is 5.95. The minimum Gasteiger partial charge on any atom is -0.501 e. The van der Waals surface area contributed by atoms with Gasteiger partial charge in [0.05, 0.1) is 22.5 Å². The maximum absolute atomic E-state index is 14.8. The molecule has 17 nitrogen and oxygen atoms in total. The van der Waals surface area contributed by atoms with E-state index in [0.717, 1.165) is 18.7 Å². The monoisotopic (exact) mass is 573 g/mol. The molecule has 2 heterocycles. The number of amides is 1. The predicted octanol–water partition coefficient (Wildman–Crippen LogP) is 1.86. The zero-order valence-corrected chi connectivity index (χ0v) is 20.4. The van der Waals surface area contributed by atoms with Gasteiger partial charge in [0.2, 0.25) is 12.0 Å². The number of anilines is 1. The Balaban J connectivity index is 1.74. The molecule has 1 aromatic carbocycles. The molecule has 1 saturated heterocycles. The Hall–Kier alpha value is -4.78. The second-order valence-electron chi connectivity index (χ2n) is 8.24. The third kappa shape index (κ3) is 6.26. The van der Waals surface area contributed by atoms with E-state index in [1.807, 2.05) is 6.92 Å². The summed E-state index contributed by atoms with van der Waals surface area (Å²) in [5.74, 6) is -7.33. The standard InChI is InChI=1S/C21H21F2N5O12/c1-2-3-6-38-20(33)25-14-4-5-26(19(32)24-14)18-21(22,23)16(30)13(40-18)9-39-17(31)11-7-10(27(34)35)8-12(15(11)29)28(36)37/h4-5,7-8,13,16,18,29-30H,2-3,6,9H2,1H3,(H,24,25,32,33)/t13-,16?,18-/m1/s1. The quantitative estimate of drug-likeness (QED) is 0.159. The lowest BCUT2D eigenvalue weighted by Gasteiger charge is -2.21. The molecule has 3 rings (SSSR count). The Morgan fingerprint density at radius 2 is 1.95 bits per heavy atom. The molecule has 2 aromatic rings. The highest BCUT2D eigenvalue weighted by atomic mass is 19.3. The summed E-state index contributed by atoms with van der Waals surface area (Å²) in [7, 11) is 0. The number of alkyl halides is 2. The van der Waals surface area contributed by atoms with Crippen LogP contribution in [0.3, 0.4) is 0 Å². The van der Waals surface area contributed by atoms with Gasteiger partial charge in [0.1, 0.15) is 24.1 Å². The predicted molar refractivity (Wildman–Crippen MR) is 125 cm³/mol. The van der Waals surface area contributed by atoms with Crippen molar-refractivity contribution >= 4 is 29.3 Å². The van der Waals surface area contributed by atoms with E-state index in [0.29, 0.717) is 23.1 Å². The molecule has 0 saturated carbocycles. The van der Waals surface area contributed by atoms with Crippen molar-refractivity contribution in [1.29, 1.82) is 0 Å². The molecule has 0 radical (unpaired) electrons. The number of non-ortho nitro benzene ring substituents is 1. The molecule has 0 aliphatic carbocycles. The highest BCUT2D eigenvalue weighted by Crippen LogP contribution is 2.42. The molecule has 0 bridgehead atoms. The number of phenolic OH excluding ortho intramolecular Hbond substituents is 1. The van der Waals surface area contributed by atoms with E-state index >= 15 is 0 Å². The number of unbranched alkanes of at least 4 members (excludes halogenated alkanes) is 1. The van der Waals surface area contributed by atoms with E-state index in [4.69, 9.17) is 14.2 Å². The number of halogens is 2. The van der Waals surface area contributed by atoms with E-state index in [1.165, 1.54) is 0 Å². The van der Waals surface area contributed by atoms with Gasteiger partial charge in [0, 0.05) is 12.3 Å². The lowest BCUT2D eigenvalue weighted by molar-refractivity contribution is -0.394. The second-order valence-corrected chi connectivity index (χ2v) is 8.24. The first-order chi connectivity index (χ1) is 18.8. The molecule has 1 aliphatic heterocycles. The number of esters is 1. The molecule has 3 atom stereocenters. The topological polar surface area (TPSA) is 235 Å². The summed E-state index contributed by atoms with van der Waals surface area (Å²) in [6, 6.07) is 1.84. The average molecular weight is 573 g/mol. The van der Waals surface area contributed by atoms with Crippen LogP contribution in [0.1, 0.15) is 36.4 Å². The number of carbonyl (C=O) groups is 2. The van der Waals surface area contributed by atoms with E-state index < -0.39 is 81.3 Å². The number of nitro benzene ring substituents is 2. The van der Waals surface area contributed by atoms with Crippen molar-refractivity contribution in [2.45, 2.75) is 44.1 Å². The van der Waals surface area contributed by atoms with Crippen molar-refractivity contribution in [2.24, 2.45) is 0 Å². The normalized spacial score (nSPS) is 19.6. The van der Waals surface area contributed by atoms with Crippen molar-refractivity contribution < 1.29 is 52.6 Å². The number of aromatic nitrogens is 2. The summed E-state index contributed by atoms with van der Waals surface area (Å²) >= 11 is 0. The van der Waals surface area contributed by atoms with Crippen LogP contribution >= 0.6 is 0 Å². The van der Waals surface area contributed by atoms with Gasteiger partial charge in [-0.05, 0) is 12.5 Å². The number of rotatable bonds is 10. The molecule has 19 heteroatoms. The molecule has 1 amide bonds. The van der Waals surface area contributed by atoms with Crippen LogP contribution < -0.4 is 11.0 Å². The van der Waals surface area contributed by atoms with Gasteiger partial charge in [0.15, 0.2) is 6.10 Å². The van der Waals surface area contributed by atoms with Crippen LogP contribution in [0, 0.1) is 20.2 Å². The van der Waals surface area contributed by atoms with E-state index in [1.54, 1.807) is 0 Å². The second kappa shape index (κ2) is 11.9. The van der Waals surface area contributed by atoms with Crippen LogP contribution in [-0.4, -0.2) is 73.0 Å². The van der Waals surface area contributed by atoms with E-state index in [2.05, 4.69) is 10.3 Å². The molecule has 216 valence electrons. The number of aliphatic hydroxyl groups is 1. The summed E-state index contributed by atoms with van der Waals surface area (Å²) in [4.78, 5) is 59.7. The molecule has 1 aliphatic rings. The third-order valence-corrected chi connectivity index (χ3v) is 5.50. The third-order valence-electron chi connectivity index (χ3n) is 5.50. The summed E-state index contributed by atoms with van der Waals surface area (Å²) in [5.41, 5.74) is -4.47. The fraction of sp³-hybridized carbons (Fsp3) is 0.429. The maximum atomic E-state index is 14.8. The van der Waals surface area contributed by atoms with Gasteiger partial charge in [-0.1, -0.05) is 13.3 Å². The van der Waals surface area contributed by atoms with Crippen LogP contribution in [-0.2, 0) is 14.2 Å². The van der Waals surface area contributed by atoms with Crippen molar-refractivity contribution in [3.8, 4) is 5.75 Å². The zero-order valence-electron chi connectivity index (χ0n) is 20.4. The van der Waals surface area contributed by atoms with Gasteiger partial charge in [-0.25, -0.2) is 14.4 Å². The Bertz CT molecular complexity index is 1380. The number of hydrogen-bond donors (Lipinski definition) is 3. The van der Waals surface area contributed by atoms with Crippen LogP contribution in [0.5, 0.6) is 5.75 Å². The fourth-order valence-electron chi connectivity index (χ4n) is 3.46. The summed E-state index contributed by atoms with van der Waals surface area (Å²) in [6.45, 7) is 0.849. The molecular weight excluding hydrogens is 552 g/mol. The van der Waals surface area contributed by atoms with Gasteiger partial charge in [-0.3, -0.25) is 30.1 Å². The summed E-state index contributed by atoms with van der Waals surface area (Å²) in [6.07, 6.45) is -5.83. The van der Waals surface area contributed by atoms with Crippen LogP contribution in [0.15, 0.2) is 29.2 Å². The average Bonchev–Trinajstić information content (AvgIpc) is 3.10. The molecule has 3 N–H and O–H groups in total. The molecule has 1 aromatic heterocycles. The van der Waals surface area contributed by atoms with Crippen LogP contribution in [0.2, 0.25) is 0 Å². The number of nitrogens with zero attached hydrogens (tertiary/aromatic N) is 4. The van der Waals surface area contributed by atoms with Gasteiger partial charge >= 0.3 is 29.4 Å². The minimum absolute atomic E-state index is 0.100. The number of aromatic hydroxyl groups is 1. The number of phenols is 1. The minimum atomic E-state index is -4.14. The van der Waals surface area contributed by atoms with Crippen molar-refractivity contribution in [3.63, 3.8) is 0 Å². The van der Waals surface area contributed by atoms with Gasteiger partial charge in [-0.2, -0.15) is 13.8 Å². The number of ether oxygens (including phenoxy) is 3. The number of aliphatic hydroxyl groups excluding tert-OH is 1. The Morgan fingerprint density at radius 1 is 1.25 bits per heavy atom. The van der Waals surface area contributed by atoms with Crippen molar-refractivity contribution in [3.05, 3.63) is 60.7 Å². The number of nitro groups is 2. The first kappa shape index (κ1) is 29.8. The molecular formula is C21H21F2N5O12. The summed E-state index contributed by atoms with van der Waals surface area (Å²) < 4.78 is 44.5. The molecule has 40 heavy (non-hydrogen) atoms. The number of nitrogens with one attached hydrogen (secondary N) is 1. The smallest absolute Gasteiger partial charge is 0.412 e.